The maximum Gasteiger partial charge on any atom is 0.434 e. The Bertz CT molecular complexity index is 824. The maximum absolute atomic E-state index is 10.9. The summed E-state index contributed by atoms with van der Waals surface area (Å²) in [4.78, 5) is 19.1. The molecule has 9 heteroatoms. The lowest BCUT2D eigenvalue weighted by Gasteiger charge is -2.06. The van der Waals surface area contributed by atoms with Crippen molar-refractivity contribution < 1.29 is 4.42 Å². The van der Waals surface area contributed by atoms with E-state index < -0.39 is 5.76 Å². The van der Waals surface area contributed by atoms with Crippen LogP contribution >= 0.6 is 23.2 Å². The number of halogens is 2. The first-order valence-corrected chi connectivity index (χ1v) is 6.92. The van der Waals surface area contributed by atoms with Crippen LogP contribution in [-0.4, -0.2) is 20.2 Å². The summed E-state index contributed by atoms with van der Waals surface area (Å²) in [5.41, 5.74) is 1.40. The van der Waals surface area contributed by atoms with Gasteiger partial charge in [0, 0.05) is 29.0 Å². The second kappa shape index (κ2) is 6.17. The van der Waals surface area contributed by atoms with Crippen LogP contribution in [0.15, 0.2) is 39.8 Å². The van der Waals surface area contributed by atoms with Gasteiger partial charge in [-0.3, -0.25) is 0 Å². The molecular formula is C13H9Cl2N5O2. The quantitative estimate of drug-likeness (QED) is 0.759. The Morgan fingerprint density at radius 3 is 2.41 bits per heavy atom. The molecule has 0 fully saturated rings. The molecule has 3 rings (SSSR count). The standard InChI is InChI=1S/C13H9Cl2N5O2/c14-9-1-7(2-10(15)3-9)4-16-12-17-5-8(6-18-12)11-19-20-13(21)22-11/h1-3,5-6H,4H2,(H,20,21)(H,16,17,18). The Morgan fingerprint density at radius 1 is 1.14 bits per heavy atom. The highest BCUT2D eigenvalue weighted by molar-refractivity contribution is 6.34. The summed E-state index contributed by atoms with van der Waals surface area (Å²) >= 11 is 11.9. The van der Waals surface area contributed by atoms with Gasteiger partial charge < -0.3 is 9.73 Å². The van der Waals surface area contributed by atoms with Gasteiger partial charge >= 0.3 is 5.76 Å². The van der Waals surface area contributed by atoms with Gasteiger partial charge in [-0.1, -0.05) is 23.2 Å². The Kier molecular flexibility index (Phi) is 4.08. The first-order valence-electron chi connectivity index (χ1n) is 6.17. The first-order chi connectivity index (χ1) is 10.6. The van der Waals surface area contributed by atoms with Crippen molar-refractivity contribution >= 4 is 29.2 Å². The molecule has 0 amide bonds. The zero-order valence-electron chi connectivity index (χ0n) is 11.0. The first kappa shape index (κ1) is 14.6. The molecule has 0 spiro atoms. The van der Waals surface area contributed by atoms with E-state index in [0.29, 0.717) is 28.1 Å². The van der Waals surface area contributed by atoms with Gasteiger partial charge in [0.05, 0.1) is 5.56 Å². The van der Waals surface area contributed by atoms with Crippen LogP contribution < -0.4 is 11.1 Å². The van der Waals surface area contributed by atoms with Gasteiger partial charge in [-0.25, -0.2) is 19.9 Å². The van der Waals surface area contributed by atoms with E-state index in [1.54, 1.807) is 18.2 Å². The molecule has 2 N–H and O–H groups in total. The number of hydrogen-bond donors (Lipinski definition) is 2. The molecule has 0 unspecified atom stereocenters. The fourth-order valence-electron chi connectivity index (χ4n) is 1.78. The average Bonchev–Trinajstić information content (AvgIpc) is 2.91. The molecule has 2 heterocycles. The molecule has 0 aliphatic heterocycles. The van der Waals surface area contributed by atoms with Gasteiger partial charge in [0.15, 0.2) is 0 Å². The van der Waals surface area contributed by atoms with Crippen LogP contribution in [0.2, 0.25) is 10.0 Å². The summed E-state index contributed by atoms with van der Waals surface area (Å²) in [7, 11) is 0. The van der Waals surface area contributed by atoms with Crippen LogP contribution in [0.1, 0.15) is 5.56 Å². The number of nitrogens with zero attached hydrogens (tertiary/aromatic N) is 3. The van der Waals surface area contributed by atoms with Crippen LogP contribution in [0.25, 0.3) is 11.5 Å². The predicted molar refractivity (Wildman–Crippen MR) is 81.9 cm³/mol. The zero-order chi connectivity index (χ0) is 15.5. The molecule has 3 aromatic rings. The van der Waals surface area contributed by atoms with Crippen LogP contribution in [0.3, 0.4) is 0 Å². The Balaban J connectivity index is 1.69. The Morgan fingerprint density at radius 2 is 1.82 bits per heavy atom. The molecule has 0 aliphatic carbocycles. The molecule has 0 saturated heterocycles. The van der Waals surface area contributed by atoms with Crippen molar-refractivity contribution in [3.8, 4) is 11.5 Å². The number of hydrogen-bond acceptors (Lipinski definition) is 6. The predicted octanol–water partition coefficient (Wildman–Crippen LogP) is 2.74. The minimum absolute atomic E-state index is 0.137. The molecule has 7 nitrogen and oxygen atoms in total. The van der Waals surface area contributed by atoms with Crippen molar-refractivity contribution in [3.63, 3.8) is 0 Å². The number of H-pyrrole nitrogens is 1. The SMILES string of the molecule is O=c1[nH]nc(-c2cnc(NCc3cc(Cl)cc(Cl)c3)nc2)o1. The van der Waals surface area contributed by atoms with Crippen LogP contribution in [-0.2, 0) is 6.54 Å². The Labute approximate surface area is 134 Å². The summed E-state index contributed by atoms with van der Waals surface area (Å²) in [5.74, 6) is -0.0778. The number of benzene rings is 1. The van der Waals surface area contributed by atoms with E-state index in [2.05, 4.69) is 25.5 Å². The van der Waals surface area contributed by atoms with Gasteiger partial charge in [0.1, 0.15) is 0 Å². The molecule has 112 valence electrons. The van der Waals surface area contributed by atoms with Crippen molar-refractivity contribution in [2.75, 3.05) is 5.32 Å². The number of rotatable bonds is 4. The van der Waals surface area contributed by atoms with E-state index in [1.165, 1.54) is 12.4 Å². The number of aromatic nitrogens is 4. The zero-order valence-corrected chi connectivity index (χ0v) is 12.5. The smallest absolute Gasteiger partial charge is 0.388 e. The molecule has 22 heavy (non-hydrogen) atoms. The van der Waals surface area contributed by atoms with E-state index in [9.17, 15) is 4.79 Å². The fraction of sp³-hybridized carbons (Fsp3) is 0.0769. The number of nitrogens with one attached hydrogen (secondary N) is 2. The number of aromatic amines is 1. The highest BCUT2D eigenvalue weighted by Crippen LogP contribution is 2.19. The van der Waals surface area contributed by atoms with Crippen LogP contribution in [0.5, 0.6) is 0 Å². The third kappa shape index (κ3) is 3.44. The number of anilines is 1. The minimum Gasteiger partial charge on any atom is -0.388 e. The lowest BCUT2D eigenvalue weighted by Crippen LogP contribution is -2.03. The molecular weight excluding hydrogens is 329 g/mol. The highest BCUT2D eigenvalue weighted by atomic mass is 35.5. The summed E-state index contributed by atoms with van der Waals surface area (Å²) in [5, 5.41) is 10.0. The van der Waals surface area contributed by atoms with E-state index >= 15 is 0 Å². The minimum atomic E-state index is -0.630. The molecule has 0 radical (unpaired) electrons. The lowest BCUT2D eigenvalue weighted by molar-refractivity contribution is 0.526. The maximum atomic E-state index is 10.9. The van der Waals surface area contributed by atoms with Crippen molar-refractivity contribution in [3.05, 3.63) is 56.8 Å². The van der Waals surface area contributed by atoms with Crippen LogP contribution in [0.4, 0.5) is 5.95 Å². The molecule has 0 aliphatic rings. The summed E-state index contributed by atoms with van der Waals surface area (Å²) in [6.45, 7) is 0.469. The second-order valence-electron chi connectivity index (χ2n) is 4.34. The third-order valence-corrected chi connectivity index (χ3v) is 3.15. The molecule has 0 atom stereocenters. The second-order valence-corrected chi connectivity index (χ2v) is 5.22. The highest BCUT2D eigenvalue weighted by Gasteiger charge is 2.07. The lowest BCUT2D eigenvalue weighted by atomic mass is 10.2. The van der Waals surface area contributed by atoms with E-state index in [1.807, 2.05) is 0 Å². The van der Waals surface area contributed by atoms with Crippen LogP contribution in [0, 0.1) is 0 Å². The van der Waals surface area contributed by atoms with E-state index in [-0.39, 0.29) is 5.89 Å². The fourth-order valence-corrected chi connectivity index (χ4v) is 2.35. The monoisotopic (exact) mass is 337 g/mol. The van der Waals surface area contributed by atoms with Crippen molar-refractivity contribution in [1.29, 1.82) is 0 Å². The molecule has 0 saturated carbocycles. The van der Waals surface area contributed by atoms with Crippen molar-refractivity contribution in [2.45, 2.75) is 6.54 Å². The molecule has 1 aromatic carbocycles. The van der Waals surface area contributed by atoms with Gasteiger partial charge in [0.25, 0.3) is 5.89 Å². The summed E-state index contributed by atoms with van der Waals surface area (Å²) in [6, 6.07) is 5.26. The van der Waals surface area contributed by atoms with E-state index in [0.717, 1.165) is 5.56 Å². The van der Waals surface area contributed by atoms with E-state index in [4.69, 9.17) is 27.6 Å². The average molecular weight is 338 g/mol. The largest absolute Gasteiger partial charge is 0.434 e. The normalized spacial score (nSPS) is 10.6. The third-order valence-electron chi connectivity index (χ3n) is 2.71. The van der Waals surface area contributed by atoms with Gasteiger partial charge in [-0.15, -0.1) is 5.10 Å². The molecule has 2 aromatic heterocycles. The Hall–Kier alpha value is -2.38. The molecule has 0 bridgehead atoms. The van der Waals surface area contributed by atoms with Gasteiger partial charge in [-0.2, -0.15) is 0 Å². The summed E-state index contributed by atoms with van der Waals surface area (Å²) < 4.78 is 4.81. The van der Waals surface area contributed by atoms with Gasteiger partial charge in [0.2, 0.25) is 5.95 Å². The van der Waals surface area contributed by atoms with Crippen molar-refractivity contribution in [1.82, 2.24) is 20.2 Å². The van der Waals surface area contributed by atoms with Gasteiger partial charge in [-0.05, 0) is 23.8 Å². The summed E-state index contributed by atoms with van der Waals surface area (Å²) in [6.07, 6.45) is 3.00. The topological polar surface area (TPSA) is 96.7 Å². The van der Waals surface area contributed by atoms with Crippen molar-refractivity contribution in [2.24, 2.45) is 0 Å².